The van der Waals surface area contributed by atoms with Gasteiger partial charge in [0.2, 0.25) is 0 Å². The molecule has 1 heterocycles. The number of urea groups is 1. The summed E-state index contributed by atoms with van der Waals surface area (Å²) >= 11 is 0. The molecule has 0 bridgehead atoms. The maximum Gasteiger partial charge on any atom is 0.319 e. The summed E-state index contributed by atoms with van der Waals surface area (Å²) in [5.41, 5.74) is 3.27. The van der Waals surface area contributed by atoms with Crippen molar-refractivity contribution in [3.8, 4) is 11.5 Å². The van der Waals surface area contributed by atoms with E-state index in [1.54, 1.807) is 32.4 Å². The minimum Gasteiger partial charge on any atom is -0.497 e. The summed E-state index contributed by atoms with van der Waals surface area (Å²) in [6, 6.07) is 4.97. The molecule has 0 saturated heterocycles. The van der Waals surface area contributed by atoms with E-state index in [1.807, 2.05) is 10.9 Å². The molecule has 1 aliphatic rings. The van der Waals surface area contributed by atoms with E-state index in [-0.39, 0.29) is 6.03 Å². The SMILES string of the molecule is COc1cc(NC(=O)NCCn2ncc3c2CCCC3)cc(OC)c1. The van der Waals surface area contributed by atoms with Gasteiger partial charge in [0.25, 0.3) is 0 Å². The van der Waals surface area contributed by atoms with Gasteiger partial charge in [-0.3, -0.25) is 4.68 Å². The summed E-state index contributed by atoms with van der Waals surface area (Å²) in [6.07, 6.45) is 6.59. The molecular formula is C18H24N4O3. The Bertz CT molecular complexity index is 720. The number of fused-ring (bicyclic) bond motifs is 1. The van der Waals surface area contributed by atoms with Crippen LogP contribution >= 0.6 is 0 Å². The Morgan fingerprint density at radius 1 is 1.16 bits per heavy atom. The topological polar surface area (TPSA) is 77.4 Å². The molecule has 0 aliphatic heterocycles. The number of carbonyl (C=O) groups excluding carboxylic acids is 1. The van der Waals surface area contributed by atoms with Gasteiger partial charge in [-0.1, -0.05) is 0 Å². The molecule has 134 valence electrons. The molecule has 3 rings (SSSR count). The van der Waals surface area contributed by atoms with Crippen LogP contribution in [0.2, 0.25) is 0 Å². The summed E-state index contributed by atoms with van der Waals surface area (Å²) in [5, 5.41) is 10.1. The first-order valence-electron chi connectivity index (χ1n) is 8.51. The zero-order valence-corrected chi connectivity index (χ0v) is 14.7. The minimum absolute atomic E-state index is 0.267. The molecule has 0 fully saturated rings. The highest BCUT2D eigenvalue weighted by atomic mass is 16.5. The number of hydrogen-bond acceptors (Lipinski definition) is 4. The summed E-state index contributed by atoms with van der Waals surface area (Å²) in [4.78, 5) is 12.1. The Labute approximate surface area is 147 Å². The molecule has 0 atom stereocenters. The van der Waals surface area contributed by atoms with Crippen molar-refractivity contribution in [1.29, 1.82) is 0 Å². The van der Waals surface area contributed by atoms with E-state index in [0.717, 1.165) is 12.8 Å². The number of nitrogens with zero attached hydrogens (tertiary/aromatic N) is 2. The van der Waals surface area contributed by atoms with Gasteiger partial charge in [-0.25, -0.2) is 4.79 Å². The van der Waals surface area contributed by atoms with Crippen molar-refractivity contribution in [3.63, 3.8) is 0 Å². The Morgan fingerprint density at radius 3 is 2.60 bits per heavy atom. The number of anilines is 1. The van der Waals surface area contributed by atoms with E-state index in [4.69, 9.17) is 9.47 Å². The average Bonchev–Trinajstić information content (AvgIpc) is 3.04. The van der Waals surface area contributed by atoms with Crippen molar-refractivity contribution in [3.05, 3.63) is 35.7 Å². The molecule has 7 heteroatoms. The van der Waals surface area contributed by atoms with Crippen molar-refractivity contribution >= 4 is 11.7 Å². The monoisotopic (exact) mass is 344 g/mol. The maximum atomic E-state index is 12.1. The lowest BCUT2D eigenvalue weighted by Crippen LogP contribution is -2.32. The number of nitrogens with one attached hydrogen (secondary N) is 2. The Morgan fingerprint density at radius 2 is 1.88 bits per heavy atom. The predicted molar refractivity (Wildman–Crippen MR) is 95.4 cm³/mol. The number of aryl methyl sites for hydroxylation is 1. The Kier molecular flexibility index (Phi) is 5.42. The van der Waals surface area contributed by atoms with E-state index >= 15 is 0 Å². The first kappa shape index (κ1) is 17.1. The summed E-state index contributed by atoms with van der Waals surface area (Å²) in [5.74, 6) is 1.25. The van der Waals surface area contributed by atoms with E-state index in [9.17, 15) is 4.79 Å². The number of benzene rings is 1. The Balaban J connectivity index is 1.52. The number of aromatic nitrogens is 2. The van der Waals surface area contributed by atoms with Crippen LogP contribution in [0.4, 0.5) is 10.5 Å². The lowest BCUT2D eigenvalue weighted by atomic mass is 9.98. The molecule has 1 aromatic carbocycles. The lowest BCUT2D eigenvalue weighted by molar-refractivity contribution is 0.251. The van der Waals surface area contributed by atoms with Crippen LogP contribution < -0.4 is 20.1 Å². The van der Waals surface area contributed by atoms with Gasteiger partial charge in [0.05, 0.1) is 27.0 Å². The second kappa shape index (κ2) is 7.92. The van der Waals surface area contributed by atoms with Crippen LogP contribution in [0.5, 0.6) is 11.5 Å². The molecule has 25 heavy (non-hydrogen) atoms. The highest BCUT2D eigenvalue weighted by Crippen LogP contribution is 2.25. The molecule has 7 nitrogen and oxygen atoms in total. The quantitative estimate of drug-likeness (QED) is 0.844. The summed E-state index contributed by atoms with van der Waals surface area (Å²) < 4.78 is 12.4. The highest BCUT2D eigenvalue weighted by molar-refractivity contribution is 5.89. The number of ether oxygens (including phenoxy) is 2. The molecule has 2 aromatic rings. The van der Waals surface area contributed by atoms with Crippen molar-refractivity contribution in [1.82, 2.24) is 15.1 Å². The first-order chi connectivity index (χ1) is 12.2. The van der Waals surface area contributed by atoms with Gasteiger partial charge >= 0.3 is 6.03 Å². The van der Waals surface area contributed by atoms with Gasteiger partial charge < -0.3 is 20.1 Å². The molecular weight excluding hydrogens is 320 g/mol. The summed E-state index contributed by atoms with van der Waals surface area (Å²) in [7, 11) is 3.15. The van der Waals surface area contributed by atoms with Crippen molar-refractivity contribution in [2.24, 2.45) is 0 Å². The number of methoxy groups -OCH3 is 2. The van der Waals surface area contributed by atoms with E-state index < -0.39 is 0 Å². The molecule has 0 saturated carbocycles. The summed E-state index contributed by atoms with van der Waals surface area (Å²) in [6.45, 7) is 1.19. The van der Waals surface area contributed by atoms with Crippen LogP contribution in [0, 0.1) is 0 Å². The van der Waals surface area contributed by atoms with E-state index in [1.165, 1.54) is 24.1 Å². The van der Waals surface area contributed by atoms with E-state index in [0.29, 0.717) is 30.3 Å². The highest BCUT2D eigenvalue weighted by Gasteiger charge is 2.14. The number of amides is 2. The Hall–Kier alpha value is -2.70. The first-order valence-corrected chi connectivity index (χ1v) is 8.51. The van der Waals surface area contributed by atoms with Crippen LogP contribution in [-0.4, -0.2) is 36.6 Å². The molecule has 2 amide bonds. The van der Waals surface area contributed by atoms with Gasteiger partial charge in [0.15, 0.2) is 0 Å². The zero-order chi connectivity index (χ0) is 17.6. The van der Waals surface area contributed by atoms with Crippen LogP contribution in [0.1, 0.15) is 24.1 Å². The average molecular weight is 344 g/mol. The second-order valence-corrected chi connectivity index (χ2v) is 6.03. The predicted octanol–water partition coefficient (Wildman–Crippen LogP) is 2.60. The van der Waals surface area contributed by atoms with E-state index in [2.05, 4.69) is 15.7 Å². The van der Waals surface area contributed by atoms with Gasteiger partial charge in [-0.05, 0) is 31.2 Å². The van der Waals surface area contributed by atoms with Crippen molar-refractivity contribution in [2.45, 2.75) is 32.2 Å². The molecule has 0 spiro atoms. The fourth-order valence-electron chi connectivity index (χ4n) is 3.08. The lowest BCUT2D eigenvalue weighted by Gasteiger charge is -2.14. The van der Waals surface area contributed by atoms with Crippen LogP contribution in [0.25, 0.3) is 0 Å². The third kappa shape index (κ3) is 4.23. The zero-order valence-electron chi connectivity index (χ0n) is 14.7. The fraction of sp³-hybridized carbons (Fsp3) is 0.444. The smallest absolute Gasteiger partial charge is 0.319 e. The van der Waals surface area contributed by atoms with Gasteiger partial charge in [-0.2, -0.15) is 5.10 Å². The molecule has 1 aromatic heterocycles. The standard InChI is InChI=1S/C18H24N4O3/c1-24-15-9-14(10-16(11-15)25-2)21-18(23)19-7-8-22-17-6-4-3-5-13(17)12-20-22/h9-12H,3-8H2,1-2H3,(H2,19,21,23). The van der Waals surface area contributed by atoms with Crippen molar-refractivity contribution < 1.29 is 14.3 Å². The largest absolute Gasteiger partial charge is 0.497 e. The molecule has 2 N–H and O–H groups in total. The molecule has 0 radical (unpaired) electrons. The minimum atomic E-state index is -0.267. The van der Waals surface area contributed by atoms with Gasteiger partial charge in [-0.15, -0.1) is 0 Å². The third-order valence-electron chi connectivity index (χ3n) is 4.36. The number of hydrogen-bond donors (Lipinski definition) is 2. The van der Waals surface area contributed by atoms with Gasteiger partial charge in [0.1, 0.15) is 11.5 Å². The fourth-order valence-corrected chi connectivity index (χ4v) is 3.08. The second-order valence-electron chi connectivity index (χ2n) is 6.03. The molecule has 1 aliphatic carbocycles. The van der Waals surface area contributed by atoms with Gasteiger partial charge in [0, 0.05) is 36.1 Å². The third-order valence-corrected chi connectivity index (χ3v) is 4.36. The molecule has 0 unspecified atom stereocenters. The van der Waals surface area contributed by atoms with Crippen LogP contribution in [0.15, 0.2) is 24.4 Å². The normalized spacial score (nSPS) is 13.0. The van der Waals surface area contributed by atoms with Crippen molar-refractivity contribution in [2.75, 3.05) is 26.1 Å². The number of carbonyl (C=O) groups is 1. The van der Waals surface area contributed by atoms with Crippen LogP contribution in [-0.2, 0) is 19.4 Å². The number of rotatable bonds is 6. The van der Waals surface area contributed by atoms with Crippen LogP contribution in [0.3, 0.4) is 0 Å². The maximum absolute atomic E-state index is 12.1.